The van der Waals surface area contributed by atoms with Gasteiger partial charge in [-0.05, 0) is 37.1 Å². The lowest BCUT2D eigenvalue weighted by atomic mass is 10.1. The smallest absolute Gasteiger partial charge is 0.0992 e. The minimum absolute atomic E-state index is 0.721. The van der Waals surface area contributed by atoms with Crippen molar-refractivity contribution in [2.45, 2.75) is 20.3 Å². The number of hydrogen-bond acceptors (Lipinski definition) is 2. The van der Waals surface area contributed by atoms with Crippen LogP contribution < -0.4 is 5.32 Å². The van der Waals surface area contributed by atoms with Crippen molar-refractivity contribution in [3.8, 4) is 6.07 Å². The first-order chi connectivity index (χ1) is 6.26. The Hall–Kier alpha value is -1.49. The Kier molecular flexibility index (Phi) is 3.33. The number of hydrogen-bond donors (Lipinski definition) is 1. The summed E-state index contributed by atoms with van der Waals surface area (Å²) < 4.78 is 0. The van der Waals surface area contributed by atoms with Crippen molar-refractivity contribution in [1.29, 1.82) is 5.26 Å². The summed E-state index contributed by atoms with van der Waals surface area (Å²) in [6.45, 7) is 5.07. The molecular weight excluding hydrogens is 160 g/mol. The zero-order valence-corrected chi connectivity index (χ0v) is 8.09. The number of anilines is 1. The summed E-state index contributed by atoms with van der Waals surface area (Å²) in [6.07, 6.45) is 1.09. The Bertz CT molecular complexity index is 323. The molecule has 1 aromatic carbocycles. The van der Waals surface area contributed by atoms with Crippen molar-refractivity contribution in [3.05, 3.63) is 29.3 Å². The Morgan fingerprint density at radius 1 is 1.38 bits per heavy atom. The second-order valence-electron chi connectivity index (χ2n) is 3.13. The van der Waals surface area contributed by atoms with E-state index in [1.165, 1.54) is 0 Å². The van der Waals surface area contributed by atoms with Crippen LogP contribution >= 0.6 is 0 Å². The fourth-order valence-electron chi connectivity index (χ4n) is 1.22. The minimum Gasteiger partial charge on any atom is -0.385 e. The van der Waals surface area contributed by atoms with Crippen molar-refractivity contribution in [1.82, 2.24) is 0 Å². The highest BCUT2D eigenvalue weighted by Crippen LogP contribution is 2.13. The summed E-state index contributed by atoms with van der Waals surface area (Å²) in [6, 6.07) is 7.96. The monoisotopic (exact) mass is 174 g/mol. The molecule has 0 amide bonds. The molecule has 0 saturated carbocycles. The number of aryl methyl sites for hydroxylation is 1. The molecular formula is C11H14N2. The van der Waals surface area contributed by atoms with Gasteiger partial charge in [-0.1, -0.05) is 6.92 Å². The van der Waals surface area contributed by atoms with E-state index in [-0.39, 0.29) is 0 Å². The van der Waals surface area contributed by atoms with Crippen molar-refractivity contribution in [2.75, 3.05) is 11.9 Å². The fourth-order valence-corrected chi connectivity index (χ4v) is 1.22. The summed E-state index contributed by atoms with van der Waals surface area (Å²) in [5.41, 5.74) is 2.88. The van der Waals surface area contributed by atoms with E-state index < -0.39 is 0 Å². The molecule has 0 aliphatic rings. The van der Waals surface area contributed by atoms with Gasteiger partial charge in [-0.15, -0.1) is 0 Å². The van der Waals surface area contributed by atoms with E-state index in [1.807, 2.05) is 19.1 Å². The summed E-state index contributed by atoms with van der Waals surface area (Å²) >= 11 is 0. The van der Waals surface area contributed by atoms with Crippen LogP contribution in [-0.4, -0.2) is 6.54 Å². The molecule has 13 heavy (non-hydrogen) atoms. The van der Waals surface area contributed by atoms with Crippen LogP contribution in [0.4, 0.5) is 5.69 Å². The van der Waals surface area contributed by atoms with Gasteiger partial charge in [0.2, 0.25) is 0 Å². The molecule has 0 aromatic heterocycles. The van der Waals surface area contributed by atoms with Crippen LogP contribution in [-0.2, 0) is 0 Å². The van der Waals surface area contributed by atoms with Crippen LogP contribution in [0.5, 0.6) is 0 Å². The molecule has 0 aliphatic heterocycles. The molecule has 0 saturated heterocycles. The largest absolute Gasteiger partial charge is 0.385 e. The van der Waals surface area contributed by atoms with Gasteiger partial charge in [0.1, 0.15) is 0 Å². The van der Waals surface area contributed by atoms with E-state index in [0.717, 1.165) is 29.8 Å². The number of nitriles is 1. The van der Waals surface area contributed by atoms with E-state index in [4.69, 9.17) is 5.26 Å². The van der Waals surface area contributed by atoms with E-state index in [2.05, 4.69) is 24.4 Å². The zero-order valence-electron chi connectivity index (χ0n) is 8.09. The summed E-state index contributed by atoms with van der Waals surface area (Å²) in [5.74, 6) is 0. The standard InChI is InChI=1S/C11H14N2/c1-3-4-13-11-6-9(2)5-10(7-11)8-12/h5-7,13H,3-4H2,1-2H3. The van der Waals surface area contributed by atoms with Gasteiger partial charge < -0.3 is 5.32 Å². The summed E-state index contributed by atoms with van der Waals surface area (Å²) in [5, 5.41) is 12.0. The number of nitrogens with zero attached hydrogens (tertiary/aromatic N) is 1. The van der Waals surface area contributed by atoms with Crippen LogP contribution in [0.3, 0.4) is 0 Å². The molecule has 2 heteroatoms. The van der Waals surface area contributed by atoms with Gasteiger partial charge in [0, 0.05) is 12.2 Å². The first kappa shape index (κ1) is 9.60. The molecule has 1 rings (SSSR count). The topological polar surface area (TPSA) is 35.8 Å². The Morgan fingerprint density at radius 2 is 2.15 bits per heavy atom. The molecule has 0 bridgehead atoms. The summed E-state index contributed by atoms with van der Waals surface area (Å²) in [4.78, 5) is 0. The molecule has 0 unspecified atom stereocenters. The van der Waals surface area contributed by atoms with Gasteiger partial charge in [0.05, 0.1) is 11.6 Å². The first-order valence-corrected chi connectivity index (χ1v) is 4.52. The summed E-state index contributed by atoms with van der Waals surface area (Å²) in [7, 11) is 0. The van der Waals surface area contributed by atoms with Crippen LogP contribution in [0.15, 0.2) is 18.2 Å². The first-order valence-electron chi connectivity index (χ1n) is 4.52. The maximum absolute atomic E-state index is 8.73. The highest BCUT2D eigenvalue weighted by Gasteiger charge is 1.96. The molecule has 0 fully saturated rings. The second-order valence-corrected chi connectivity index (χ2v) is 3.13. The average Bonchev–Trinajstić information content (AvgIpc) is 2.14. The molecule has 0 atom stereocenters. The Labute approximate surface area is 79.2 Å². The SMILES string of the molecule is CCCNc1cc(C)cc(C#N)c1. The van der Waals surface area contributed by atoms with Crippen molar-refractivity contribution in [2.24, 2.45) is 0 Å². The maximum Gasteiger partial charge on any atom is 0.0992 e. The normalized spacial score (nSPS) is 9.31. The fraction of sp³-hybridized carbons (Fsp3) is 0.364. The van der Waals surface area contributed by atoms with Gasteiger partial charge in [-0.3, -0.25) is 0 Å². The third-order valence-corrected chi connectivity index (χ3v) is 1.79. The second kappa shape index (κ2) is 4.51. The van der Waals surface area contributed by atoms with Gasteiger partial charge in [0.15, 0.2) is 0 Å². The zero-order chi connectivity index (χ0) is 9.68. The third-order valence-electron chi connectivity index (χ3n) is 1.79. The van der Waals surface area contributed by atoms with Crippen molar-refractivity contribution < 1.29 is 0 Å². The minimum atomic E-state index is 0.721. The highest BCUT2D eigenvalue weighted by molar-refractivity contribution is 5.51. The number of nitrogens with one attached hydrogen (secondary N) is 1. The van der Waals surface area contributed by atoms with Crippen molar-refractivity contribution >= 4 is 5.69 Å². The van der Waals surface area contributed by atoms with Gasteiger partial charge >= 0.3 is 0 Å². The molecule has 0 spiro atoms. The number of rotatable bonds is 3. The number of benzene rings is 1. The lowest BCUT2D eigenvalue weighted by molar-refractivity contribution is 0.979. The quantitative estimate of drug-likeness (QED) is 0.764. The third kappa shape index (κ3) is 2.79. The lowest BCUT2D eigenvalue weighted by Crippen LogP contribution is -2.00. The van der Waals surface area contributed by atoms with Gasteiger partial charge in [-0.25, -0.2) is 0 Å². The molecule has 0 aliphatic carbocycles. The molecule has 1 aromatic rings. The highest BCUT2D eigenvalue weighted by atomic mass is 14.9. The Balaban J connectivity index is 2.83. The van der Waals surface area contributed by atoms with Crippen LogP contribution in [0.1, 0.15) is 24.5 Å². The predicted octanol–water partition coefficient (Wildman–Crippen LogP) is 2.69. The molecule has 0 radical (unpaired) electrons. The van der Waals surface area contributed by atoms with Crippen LogP contribution in [0.2, 0.25) is 0 Å². The average molecular weight is 174 g/mol. The molecule has 68 valence electrons. The van der Waals surface area contributed by atoms with E-state index in [9.17, 15) is 0 Å². The van der Waals surface area contributed by atoms with E-state index in [1.54, 1.807) is 0 Å². The van der Waals surface area contributed by atoms with Crippen molar-refractivity contribution in [3.63, 3.8) is 0 Å². The van der Waals surface area contributed by atoms with E-state index >= 15 is 0 Å². The molecule has 0 heterocycles. The predicted molar refractivity (Wildman–Crippen MR) is 54.7 cm³/mol. The molecule has 2 nitrogen and oxygen atoms in total. The van der Waals surface area contributed by atoms with Crippen LogP contribution in [0.25, 0.3) is 0 Å². The molecule has 1 N–H and O–H groups in total. The van der Waals surface area contributed by atoms with Gasteiger partial charge in [-0.2, -0.15) is 5.26 Å². The Morgan fingerprint density at radius 3 is 2.77 bits per heavy atom. The maximum atomic E-state index is 8.73. The van der Waals surface area contributed by atoms with Crippen LogP contribution in [0, 0.1) is 18.3 Å². The van der Waals surface area contributed by atoms with Gasteiger partial charge in [0.25, 0.3) is 0 Å². The van der Waals surface area contributed by atoms with E-state index in [0.29, 0.717) is 0 Å². The lowest BCUT2D eigenvalue weighted by Gasteiger charge is -2.05.